The molecule has 0 amide bonds. The van der Waals surface area contributed by atoms with Crippen molar-refractivity contribution in [3.63, 3.8) is 0 Å². The van der Waals surface area contributed by atoms with E-state index in [-0.39, 0.29) is 17.5 Å². The Morgan fingerprint density at radius 2 is 1.89 bits per heavy atom. The SMILES string of the molecule is O=Cc1nn(C2CCCCC2)c2c1CS(=O)(=O)C2. The molecule has 3 rings (SSSR count). The van der Waals surface area contributed by atoms with E-state index in [0.29, 0.717) is 17.5 Å². The Kier molecular flexibility index (Phi) is 2.77. The molecule has 0 radical (unpaired) electrons. The van der Waals surface area contributed by atoms with Gasteiger partial charge in [0.25, 0.3) is 0 Å². The van der Waals surface area contributed by atoms with Crippen LogP contribution in [0, 0.1) is 0 Å². The van der Waals surface area contributed by atoms with Gasteiger partial charge < -0.3 is 0 Å². The molecule has 0 unspecified atom stereocenters. The number of fused-ring (bicyclic) bond motifs is 1. The smallest absolute Gasteiger partial charge is 0.170 e. The van der Waals surface area contributed by atoms with Gasteiger partial charge in [-0.05, 0) is 12.8 Å². The summed E-state index contributed by atoms with van der Waals surface area (Å²) in [6.45, 7) is 0. The summed E-state index contributed by atoms with van der Waals surface area (Å²) < 4.78 is 25.2. The van der Waals surface area contributed by atoms with E-state index in [1.807, 2.05) is 4.68 Å². The molecule has 0 aromatic carbocycles. The number of aldehydes is 1. The number of hydrogen-bond donors (Lipinski definition) is 0. The van der Waals surface area contributed by atoms with Crippen molar-refractivity contribution in [2.24, 2.45) is 0 Å². The number of aromatic nitrogens is 2. The molecule has 1 aliphatic heterocycles. The van der Waals surface area contributed by atoms with E-state index in [1.165, 1.54) is 6.42 Å². The number of hydrogen-bond acceptors (Lipinski definition) is 4. The minimum Gasteiger partial charge on any atom is -0.296 e. The first kappa shape index (κ1) is 11.9. The van der Waals surface area contributed by atoms with Crippen molar-refractivity contribution >= 4 is 16.1 Å². The van der Waals surface area contributed by atoms with Crippen LogP contribution < -0.4 is 0 Å². The second-order valence-electron chi connectivity index (χ2n) is 5.20. The highest BCUT2D eigenvalue weighted by Crippen LogP contribution is 2.34. The van der Waals surface area contributed by atoms with E-state index < -0.39 is 9.84 Å². The summed E-state index contributed by atoms with van der Waals surface area (Å²) in [6, 6.07) is 0.273. The minimum atomic E-state index is -3.08. The molecular formula is C12H16N2O3S. The molecular weight excluding hydrogens is 252 g/mol. The molecule has 1 aliphatic carbocycles. The Hall–Kier alpha value is -1.17. The van der Waals surface area contributed by atoms with Gasteiger partial charge in [0.15, 0.2) is 16.1 Å². The van der Waals surface area contributed by atoms with Crippen molar-refractivity contribution in [1.29, 1.82) is 0 Å². The standard InChI is InChI=1S/C12H16N2O3S/c15-6-11-10-7-18(16,17)8-12(10)14(13-11)9-4-2-1-3-5-9/h6,9H,1-5,7-8H2. The zero-order chi connectivity index (χ0) is 12.8. The highest BCUT2D eigenvalue weighted by molar-refractivity contribution is 7.90. The van der Waals surface area contributed by atoms with Gasteiger partial charge in [0.05, 0.1) is 23.2 Å². The van der Waals surface area contributed by atoms with Gasteiger partial charge in [-0.1, -0.05) is 19.3 Å². The van der Waals surface area contributed by atoms with Crippen LogP contribution in [0.25, 0.3) is 0 Å². The van der Waals surface area contributed by atoms with Crippen LogP contribution >= 0.6 is 0 Å². The molecule has 0 spiro atoms. The van der Waals surface area contributed by atoms with Crippen LogP contribution in [0.2, 0.25) is 0 Å². The van der Waals surface area contributed by atoms with E-state index >= 15 is 0 Å². The Morgan fingerprint density at radius 1 is 1.17 bits per heavy atom. The lowest BCUT2D eigenvalue weighted by molar-refractivity contribution is 0.111. The van der Waals surface area contributed by atoms with Crippen LogP contribution in [0.5, 0.6) is 0 Å². The average molecular weight is 268 g/mol. The van der Waals surface area contributed by atoms with Crippen molar-refractivity contribution in [2.75, 3.05) is 0 Å². The molecule has 0 saturated heterocycles. The summed E-state index contributed by atoms with van der Waals surface area (Å²) in [5, 5.41) is 4.32. The Balaban J connectivity index is 2.04. The summed E-state index contributed by atoms with van der Waals surface area (Å²) in [4.78, 5) is 11.0. The zero-order valence-electron chi connectivity index (χ0n) is 10.1. The van der Waals surface area contributed by atoms with Gasteiger partial charge >= 0.3 is 0 Å². The first-order chi connectivity index (χ1) is 8.61. The topological polar surface area (TPSA) is 69.0 Å². The summed E-state index contributed by atoms with van der Waals surface area (Å²) >= 11 is 0. The van der Waals surface area contributed by atoms with Gasteiger partial charge in [-0.25, -0.2) is 8.42 Å². The van der Waals surface area contributed by atoms with Crippen LogP contribution in [0.4, 0.5) is 0 Å². The van der Waals surface area contributed by atoms with Gasteiger partial charge in [-0.2, -0.15) is 5.10 Å². The van der Waals surface area contributed by atoms with E-state index in [4.69, 9.17) is 0 Å². The first-order valence-corrected chi connectivity index (χ1v) is 8.19. The van der Waals surface area contributed by atoms with E-state index in [1.54, 1.807) is 0 Å². The molecule has 1 aromatic heterocycles. The van der Waals surface area contributed by atoms with E-state index in [0.717, 1.165) is 31.4 Å². The Morgan fingerprint density at radius 3 is 2.56 bits per heavy atom. The normalized spacial score (nSPS) is 22.9. The maximum Gasteiger partial charge on any atom is 0.170 e. The van der Waals surface area contributed by atoms with Crippen molar-refractivity contribution in [3.8, 4) is 0 Å². The third-order valence-corrected chi connectivity index (χ3v) is 5.34. The predicted molar refractivity (Wildman–Crippen MR) is 66.1 cm³/mol. The van der Waals surface area contributed by atoms with E-state index in [2.05, 4.69) is 5.10 Å². The molecule has 1 fully saturated rings. The number of carbonyl (C=O) groups is 1. The minimum absolute atomic E-state index is 0.0247. The van der Waals surface area contributed by atoms with Gasteiger partial charge in [-0.3, -0.25) is 9.48 Å². The third-order valence-electron chi connectivity index (χ3n) is 3.90. The van der Waals surface area contributed by atoms with Crippen molar-refractivity contribution < 1.29 is 13.2 Å². The molecule has 5 nitrogen and oxygen atoms in total. The summed E-state index contributed by atoms with van der Waals surface area (Å²) in [6.07, 6.45) is 6.29. The van der Waals surface area contributed by atoms with Crippen molar-refractivity contribution in [2.45, 2.75) is 49.7 Å². The molecule has 1 aromatic rings. The van der Waals surface area contributed by atoms with Crippen LogP contribution in [0.1, 0.15) is 59.9 Å². The molecule has 6 heteroatoms. The number of carbonyl (C=O) groups excluding carboxylic acids is 1. The molecule has 2 aliphatic rings. The largest absolute Gasteiger partial charge is 0.296 e. The number of nitrogens with zero attached hydrogens (tertiary/aromatic N) is 2. The second kappa shape index (κ2) is 4.19. The van der Waals surface area contributed by atoms with Crippen LogP contribution in [0.15, 0.2) is 0 Å². The second-order valence-corrected chi connectivity index (χ2v) is 7.26. The van der Waals surface area contributed by atoms with Crippen molar-refractivity contribution in [3.05, 3.63) is 17.0 Å². The fraction of sp³-hybridized carbons (Fsp3) is 0.667. The molecule has 0 N–H and O–H groups in total. The molecule has 0 atom stereocenters. The first-order valence-electron chi connectivity index (χ1n) is 6.36. The lowest BCUT2D eigenvalue weighted by atomic mass is 9.95. The Bertz CT molecular complexity index is 583. The highest BCUT2D eigenvalue weighted by atomic mass is 32.2. The number of sulfone groups is 1. The zero-order valence-corrected chi connectivity index (χ0v) is 10.9. The van der Waals surface area contributed by atoms with Gasteiger partial charge in [0.2, 0.25) is 0 Å². The summed E-state index contributed by atoms with van der Waals surface area (Å²) in [7, 11) is -3.08. The van der Waals surface area contributed by atoms with Gasteiger partial charge in [0, 0.05) is 5.56 Å². The summed E-state index contributed by atoms with van der Waals surface area (Å²) in [5.41, 5.74) is 1.70. The molecule has 0 bridgehead atoms. The average Bonchev–Trinajstić information content (AvgIpc) is 2.83. The summed E-state index contributed by atoms with van der Waals surface area (Å²) in [5.74, 6) is 0.0167. The lowest BCUT2D eigenvalue weighted by Crippen LogP contribution is -2.17. The van der Waals surface area contributed by atoms with Gasteiger partial charge in [0.1, 0.15) is 5.69 Å². The quantitative estimate of drug-likeness (QED) is 0.764. The highest BCUT2D eigenvalue weighted by Gasteiger charge is 2.34. The van der Waals surface area contributed by atoms with E-state index in [9.17, 15) is 13.2 Å². The molecule has 98 valence electrons. The molecule has 1 saturated carbocycles. The molecule has 2 heterocycles. The van der Waals surface area contributed by atoms with Crippen LogP contribution in [0.3, 0.4) is 0 Å². The predicted octanol–water partition coefficient (Wildman–Crippen LogP) is 1.63. The monoisotopic (exact) mass is 268 g/mol. The number of rotatable bonds is 2. The van der Waals surface area contributed by atoms with Crippen molar-refractivity contribution in [1.82, 2.24) is 9.78 Å². The van der Waals surface area contributed by atoms with Crippen LogP contribution in [-0.4, -0.2) is 24.5 Å². The van der Waals surface area contributed by atoms with Gasteiger partial charge in [-0.15, -0.1) is 0 Å². The maximum absolute atomic E-state index is 11.7. The van der Waals surface area contributed by atoms with Crippen LogP contribution in [-0.2, 0) is 21.3 Å². The third kappa shape index (κ3) is 1.88. The maximum atomic E-state index is 11.7. The Labute approximate surface area is 106 Å². The fourth-order valence-corrected chi connectivity index (χ4v) is 4.61. The fourth-order valence-electron chi connectivity index (χ4n) is 3.03. The molecule has 18 heavy (non-hydrogen) atoms. The lowest BCUT2D eigenvalue weighted by Gasteiger charge is -2.23.